The van der Waals surface area contributed by atoms with Crippen molar-refractivity contribution >= 4 is 38.6 Å². The molecule has 1 aromatic carbocycles. The van der Waals surface area contributed by atoms with E-state index in [-0.39, 0.29) is 33.4 Å². The van der Waals surface area contributed by atoms with Crippen LogP contribution in [0.5, 0.6) is 5.75 Å². The zero-order valence-electron chi connectivity index (χ0n) is 17.0. The highest BCUT2D eigenvalue weighted by Gasteiger charge is 2.31. The van der Waals surface area contributed by atoms with Crippen molar-refractivity contribution in [2.45, 2.75) is 37.1 Å². The van der Waals surface area contributed by atoms with Crippen LogP contribution in [0.4, 0.5) is 11.4 Å². The fraction of sp³-hybridized carbons (Fsp3) is 0.286. The number of thiophene rings is 1. The highest BCUT2D eigenvalue weighted by Crippen LogP contribution is 2.35. The third-order valence-electron chi connectivity index (χ3n) is 5.84. The lowest BCUT2D eigenvalue weighted by Crippen LogP contribution is -2.34. The second kappa shape index (κ2) is 7.75. The van der Waals surface area contributed by atoms with Gasteiger partial charge in [0.15, 0.2) is 11.6 Å². The van der Waals surface area contributed by atoms with Gasteiger partial charge in [0.1, 0.15) is 16.2 Å². The van der Waals surface area contributed by atoms with E-state index in [1.54, 1.807) is 12.1 Å². The van der Waals surface area contributed by atoms with Gasteiger partial charge in [-0.3, -0.25) is 4.79 Å². The number of sulfonamides is 1. The van der Waals surface area contributed by atoms with Crippen LogP contribution in [0.3, 0.4) is 0 Å². The van der Waals surface area contributed by atoms with Crippen molar-refractivity contribution in [2.75, 3.05) is 11.1 Å². The van der Waals surface area contributed by atoms with E-state index in [0.717, 1.165) is 19.3 Å². The van der Waals surface area contributed by atoms with E-state index < -0.39 is 21.3 Å². The topological polar surface area (TPSA) is 140 Å². The minimum absolute atomic E-state index is 0.0846. The maximum Gasteiger partial charge on any atom is 0.286 e. The van der Waals surface area contributed by atoms with E-state index in [1.165, 1.54) is 34.6 Å². The standard InChI is InChI=1S/C21H21N5O4S2/c22-13-6-7-14-16(11-13)32(29,30)25-20(23-14)17-19(27)18(15-5-2-10-31-15)24-26(21(17)28)9-8-12-3-1-4-12/h2,5-7,10-12,27H,1,3-4,8-9,22H2,(H,23,25). The number of benzene rings is 1. The summed E-state index contributed by atoms with van der Waals surface area (Å²) >= 11 is 1.36. The minimum atomic E-state index is -4.13. The van der Waals surface area contributed by atoms with Gasteiger partial charge in [0, 0.05) is 12.2 Å². The number of aryl methyl sites for hydroxylation is 1. The summed E-state index contributed by atoms with van der Waals surface area (Å²) < 4.78 is 30.7. The zero-order valence-corrected chi connectivity index (χ0v) is 18.6. The molecule has 1 saturated carbocycles. The van der Waals surface area contributed by atoms with Crippen LogP contribution in [-0.4, -0.2) is 29.1 Å². The summed E-state index contributed by atoms with van der Waals surface area (Å²) in [6, 6.07) is 7.95. The van der Waals surface area contributed by atoms with Gasteiger partial charge in [0.25, 0.3) is 15.6 Å². The summed E-state index contributed by atoms with van der Waals surface area (Å²) in [5, 5.41) is 20.1. The lowest BCUT2D eigenvalue weighted by molar-refractivity contribution is 0.275. The van der Waals surface area contributed by atoms with E-state index in [1.807, 2.05) is 11.4 Å². The molecule has 0 bridgehead atoms. The number of nitrogens with one attached hydrogen (secondary N) is 1. The molecule has 1 fully saturated rings. The summed E-state index contributed by atoms with van der Waals surface area (Å²) in [5.41, 5.74) is 5.64. The number of aromatic hydroxyl groups is 1. The smallest absolute Gasteiger partial charge is 0.286 e. The lowest BCUT2D eigenvalue weighted by Gasteiger charge is -2.25. The van der Waals surface area contributed by atoms with Gasteiger partial charge in [-0.25, -0.2) is 4.68 Å². The first-order chi connectivity index (χ1) is 15.3. The number of amidine groups is 1. The Kier molecular flexibility index (Phi) is 5.01. The summed E-state index contributed by atoms with van der Waals surface area (Å²) in [6.07, 6.45) is 4.24. The molecule has 4 N–H and O–H groups in total. The molecule has 32 heavy (non-hydrogen) atoms. The maximum absolute atomic E-state index is 13.3. The average Bonchev–Trinajstić information content (AvgIpc) is 3.23. The summed E-state index contributed by atoms with van der Waals surface area (Å²) in [4.78, 5) is 13.9. The normalized spacial score (nSPS) is 17.2. The third-order valence-corrected chi connectivity index (χ3v) is 8.04. The molecule has 2 aromatic heterocycles. The first-order valence-electron chi connectivity index (χ1n) is 10.2. The Bertz CT molecular complexity index is 1390. The van der Waals surface area contributed by atoms with E-state index in [2.05, 4.69) is 14.8 Å². The minimum Gasteiger partial charge on any atom is -0.505 e. The number of aromatic nitrogens is 2. The van der Waals surface area contributed by atoms with Crippen LogP contribution in [0.2, 0.25) is 0 Å². The van der Waals surface area contributed by atoms with Crippen molar-refractivity contribution in [3.8, 4) is 16.3 Å². The number of rotatable bonds is 5. The predicted octanol–water partition coefficient (Wildman–Crippen LogP) is 3.01. The van der Waals surface area contributed by atoms with E-state index in [0.29, 0.717) is 17.3 Å². The monoisotopic (exact) mass is 471 g/mol. The molecule has 3 aromatic rings. The number of nitrogens with zero attached hydrogens (tertiary/aromatic N) is 3. The Hall–Kier alpha value is -3.18. The number of hydrogen-bond donors (Lipinski definition) is 3. The second-order valence-electron chi connectivity index (χ2n) is 7.96. The fourth-order valence-corrected chi connectivity index (χ4v) is 5.74. The summed E-state index contributed by atoms with van der Waals surface area (Å²) in [5.74, 6) is -0.0888. The fourth-order valence-electron chi connectivity index (χ4n) is 3.88. The number of nitrogen functional groups attached to an aromatic ring is 1. The van der Waals surface area contributed by atoms with Crippen LogP contribution in [0.1, 0.15) is 31.2 Å². The Labute approximate surface area is 188 Å². The van der Waals surface area contributed by atoms with E-state index >= 15 is 0 Å². The molecule has 3 heterocycles. The number of nitrogens with two attached hydrogens (primary N) is 1. The zero-order chi connectivity index (χ0) is 22.5. The van der Waals surface area contributed by atoms with Gasteiger partial charge in [-0.05, 0) is 42.0 Å². The molecule has 5 rings (SSSR count). The Morgan fingerprint density at radius 2 is 2.09 bits per heavy atom. The second-order valence-corrected chi connectivity index (χ2v) is 10.5. The molecule has 0 radical (unpaired) electrons. The van der Waals surface area contributed by atoms with Gasteiger partial charge in [0.05, 0.1) is 10.6 Å². The van der Waals surface area contributed by atoms with Crippen LogP contribution in [-0.2, 0) is 16.6 Å². The first-order valence-corrected chi connectivity index (χ1v) is 12.6. The van der Waals surface area contributed by atoms with Crippen molar-refractivity contribution in [1.29, 1.82) is 0 Å². The van der Waals surface area contributed by atoms with Crippen molar-refractivity contribution in [2.24, 2.45) is 10.3 Å². The molecule has 0 amide bonds. The molecule has 0 atom stereocenters. The molecule has 0 saturated heterocycles. The van der Waals surface area contributed by atoms with E-state index in [4.69, 9.17) is 5.73 Å². The Balaban J connectivity index is 1.66. The molecular weight excluding hydrogens is 450 g/mol. The summed E-state index contributed by atoms with van der Waals surface area (Å²) in [6.45, 7) is 0.377. The summed E-state index contributed by atoms with van der Waals surface area (Å²) in [7, 11) is -4.13. The molecule has 2 aliphatic rings. The molecule has 9 nitrogen and oxygen atoms in total. The number of anilines is 2. The first kappa shape index (κ1) is 20.7. The highest BCUT2D eigenvalue weighted by atomic mass is 32.2. The third kappa shape index (κ3) is 3.56. The molecule has 0 unspecified atom stereocenters. The van der Waals surface area contributed by atoms with Gasteiger partial charge in [-0.1, -0.05) is 25.3 Å². The van der Waals surface area contributed by atoms with Crippen molar-refractivity contribution in [3.05, 3.63) is 51.6 Å². The molecule has 1 aliphatic heterocycles. The van der Waals surface area contributed by atoms with Crippen LogP contribution in [0.15, 0.2) is 49.8 Å². The molecule has 0 spiro atoms. The SMILES string of the molecule is Nc1ccc2c(c1)S(=O)(=O)N=C(c1c(O)c(-c3cccs3)nn(CCC3CCC3)c1=O)N2. The Morgan fingerprint density at radius 3 is 2.78 bits per heavy atom. The Morgan fingerprint density at radius 1 is 1.28 bits per heavy atom. The predicted molar refractivity (Wildman–Crippen MR) is 124 cm³/mol. The van der Waals surface area contributed by atoms with Crippen molar-refractivity contribution < 1.29 is 13.5 Å². The maximum atomic E-state index is 13.3. The molecule has 11 heteroatoms. The quantitative estimate of drug-likeness (QED) is 0.486. The molecule has 1 aliphatic carbocycles. The van der Waals surface area contributed by atoms with Crippen molar-refractivity contribution in [3.63, 3.8) is 0 Å². The van der Waals surface area contributed by atoms with E-state index in [9.17, 15) is 18.3 Å². The van der Waals surface area contributed by atoms with Crippen molar-refractivity contribution in [1.82, 2.24) is 9.78 Å². The van der Waals surface area contributed by atoms with Gasteiger partial charge >= 0.3 is 0 Å². The number of hydrogen-bond acceptors (Lipinski definition) is 8. The molecular formula is C21H21N5O4S2. The van der Waals surface area contributed by atoms with Gasteiger partial charge in [-0.15, -0.1) is 15.7 Å². The van der Waals surface area contributed by atoms with Crippen LogP contribution in [0.25, 0.3) is 10.6 Å². The van der Waals surface area contributed by atoms with Crippen LogP contribution in [0, 0.1) is 5.92 Å². The van der Waals surface area contributed by atoms with Crippen LogP contribution < -0.4 is 16.6 Å². The average molecular weight is 472 g/mol. The largest absolute Gasteiger partial charge is 0.505 e. The van der Waals surface area contributed by atoms with Gasteiger partial charge < -0.3 is 16.2 Å². The molecule has 166 valence electrons. The van der Waals surface area contributed by atoms with Gasteiger partial charge in [-0.2, -0.15) is 13.5 Å². The lowest BCUT2D eigenvalue weighted by atomic mass is 9.83. The van der Waals surface area contributed by atoms with Crippen LogP contribution >= 0.6 is 11.3 Å². The highest BCUT2D eigenvalue weighted by molar-refractivity contribution is 7.90. The number of fused-ring (bicyclic) bond motifs is 1. The van der Waals surface area contributed by atoms with Gasteiger partial charge in [0.2, 0.25) is 0 Å².